The predicted molar refractivity (Wildman–Crippen MR) is 76.3 cm³/mol. The number of aryl methyl sites for hydroxylation is 1. The van der Waals surface area contributed by atoms with Crippen molar-refractivity contribution in [3.05, 3.63) is 59.7 Å². The van der Waals surface area contributed by atoms with Gasteiger partial charge in [-0.15, -0.1) is 0 Å². The standard InChI is InChI=1S/C16H19NO/c1-13-9-10-15(11-16(13)17(2)3)18-12-14-7-5-4-6-8-14/h4-11H,12H2,1-3H3. The van der Waals surface area contributed by atoms with Crippen molar-refractivity contribution in [1.82, 2.24) is 0 Å². The summed E-state index contributed by atoms with van der Waals surface area (Å²) in [6, 6.07) is 16.4. The first kappa shape index (κ1) is 12.5. The van der Waals surface area contributed by atoms with Crippen molar-refractivity contribution in [1.29, 1.82) is 0 Å². The first-order valence-corrected chi connectivity index (χ1v) is 6.11. The Morgan fingerprint density at radius 1 is 1.00 bits per heavy atom. The highest BCUT2D eigenvalue weighted by molar-refractivity contribution is 5.55. The van der Waals surface area contributed by atoms with E-state index in [-0.39, 0.29) is 0 Å². The number of anilines is 1. The van der Waals surface area contributed by atoms with Crippen LogP contribution in [0.5, 0.6) is 5.75 Å². The summed E-state index contributed by atoms with van der Waals surface area (Å²) in [5.74, 6) is 0.910. The van der Waals surface area contributed by atoms with Crippen molar-refractivity contribution in [3.63, 3.8) is 0 Å². The second kappa shape index (κ2) is 5.58. The number of rotatable bonds is 4. The van der Waals surface area contributed by atoms with Crippen LogP contribution in [0.2, 0.25) is 0 Å². The lowest BCUT2D eigenvalue weighted by Crippen LogP contribution is -2.10. The topological polar surface area (TPSA) is 12.5 Å². The van der Waals surface area contributed by atoms with E-state index < -0.39 is 0 Å². The number of nitrogens with zero attached hydrogens (tertiary/aromatic N) is 1. The lowest BCUT2D eigenvalue weighted by atomic mass is 10.2. The summed E-state index contributed by atoms with van der Waals surface area (Å²) < 4.78 is 5.81. The van der Waals surface area contributed by atoms with Gasteiger partial charge in [-0.2, -0.15) is 0 Å². The molecule has 0 unspecified atom stereocenters. The van der Waals surface area contributed by atoms with Crippen LogP contribution in [-0.4, -0.2) is 14.1 Å². The van der Waals surface area contributed by atoms with Gasteiger partial charge in [0.1, 0.15) is 12.4 Å². The monoisotopic (exact) mass is 241 g/mol. The maximum atomic E-state index is 5.81. The quantitative estimate of drug-likeness (QED) is 0.810. The Morgan fingerprint density at radius 2 is 1.72 bits per heavy atom. The smallest absolute Gasteiger partial charge is 0.121 e. The average molecular weight is 241 g/mol. The lowest BCUT2D eigenvalue weighted by molar-refractivity contribution is 0.306. The van der Waals surface area contributed by atoms with Crippen LogP contribution in [0.25, 0.3) is 0 Å². The van der Waals surface area contributed by atoms with E-state index in [1.807, 2.05) is 38.4 Å². The molecule has 0 aliphatic carbocycles. The normalized spacial score (nSPS) is 10.2. The van der Waals surface area contributed by atoms with E-state index in [4.69, 9.17) is 4.74 Å². The van der Waals surface area contributed by atoms with E-state index >= 15 is 0 Å². The summed E-state index contributed by atoms with van der Waals surface area (Å²) in [6.45, 7) is 2.72. The minimum atomic E-state index is 0.608. The Balaban J connectivity index is 2.08. The molecular formula is C16H19NO. The van der Waals surface area contributed by atoms with Crippen LogP contribution >= 0.6 is 0 Å². The summed E-state index contributed by atoms with van der Waals surface area (Å²) in [6.07, 6.45) is 0. The predicted octanol–water partition coefficient (Wildman–Crippen LogP) is 3.64. The van der Waals surface area contributed by atoms with Crippen molar-refractivity contribution in [2.75, 3.05) is 19.0 Å². The highest BCUT2D eigenvalue weighted by Crippen LogP contribution is 2.24. The molecule has 0 aromatic heterocycles. The fourth-order valence-corrected chi connectivity index (χ4v) is 1.90. The molecule has 0 amide bonds. The largest absolute Gasteiger partial charge is 0.489 e. The molecule has 18 heavy (non-hydrogen) atoms. The molecule has 0 fully saturated rings. The van der Waals surface area contributed by atoms with Gasteiger partial charge in [-0.1, -0.05) is 36.4 Å². The summed E-state index contributed by atoms with van der Waals surface area (Å²) in [5, 5.41) is 0. The second-order valence-corrected chi connectivity index (χ2v) is 4.62. The van der Waals surface area contributed by atoms with Crippen molar-refractivity contribution in [3.8, 4) is 5.75 Å². The van der Waals surface area contributed by atoms with E-state index in [1.54, 1.807) is 0 Å². The van der Waals surface area contributed by atoms with Crippen LogP contribution in [0.1, 0.15) is 11.1 Å². The molecule has 0 N–H and O–H groups in total. The maximum Gasteiger partial charge on any atom is 0.121 e. The molecule has 0 aliphatic heterocycles. The minimum absolute atomic E-state index is 0.608. The Labute approximate surface area is 109 Å². The van der Waals surface area contributed by atoms with E-state index in [9.17, 15) is 0 Å². The van der Waals surface area contributed by atoms with Gasteiger partial charge >= 0.3 is 0 Å². The maximum absolute atomic E-state index is 5.81. The minimum Gasteiger partial charge on any atom is -0.489 e. The average Bonchev–Trinajstić information content (AvgIpc) is 2.38. The highest BCUT2D eigenvalue weighted by Gasteiger charge is 2.03. The van der Waals surface area contributed by atoms with E-state index in [2.05, 4.69) is 36.1 Å². The molecule has 2 aromatic rings. The van der Waals surface area contributed by atoms with Crippen LogP contribution < -0.4 is 9.64 Å². The zero-order chi connectivity index (χ0) is 13.0. The molecule has 94 valence electrons. The van der Waals surface area contributed by atoms with Crippen LogP contribution in [0.3, 0.4) is 0 Å². The van der Waals surface area contributed by atoms with Gasteiger partial charge in [-0.25, -0.2) is 0 Å². The van der Waals surface area contributed by atoms with Crippen molar-refractivity contribution in [2.45, 2.75) is 13.5 Å². The molecule has 2 heteroatoms. The van der Waals surface area contributed by atoms with Crippen LogP contribution in [0.4, 0.5) is 5.69 Å². The second-order valence-electron chi connectivity index (χ2n) is 4.62. The zero-order valence-corrected chi connectivity index (χ0v) is 11.2. The molecule has 0 heterocycles. The molecule has 0 radical (unpaired) electrons. The van der Waals surface area contributed by atoms with Crippen molar-refractivity contribution in [2.24, 2.45) is 0 Å². The van der Waals surface area contributed by atoms with Gasteiger partial charge < -0.3 is 9.64 Å². The molecule has 0 saturated heterocycles. The molecule has 0 spiro atoms. The fraction of sp³-hybridized carbons (Fsp3) is 0.250. The van der Waals surface area contributed by atoms with Crippen molar-refractivity contribution < 1.29 is 4.74 Å². The van der Waals surface area contributed by atoms with Gasteiger partial charge in [-0.3, -0.25) is 0 Å². The Morgan fingerprint density at radius 3 is 2.39 bits per heavy atom. The molecule has 2 rings (SSSR count). The number of benzene rings is 2. The third kappa shape index (κ3) is 3.04. The van der Waals surface area contributed by atoms with Crippen LogP contribution in [-0.2, 0) is 6.61 Å². The van der Waals surface area contributed by atoms with Gasteiger partial charge in [-0.05, 0) is 24.1 Å². The molecule has 0 bridgehead atoms. The van der Waals surface area contributed by atoms with Gasteiger partial charge in [0.25, 0.3) is 0 Å². The molecule has 2 aromatic carbocycles. The third-order valence-electron chi connectivity index (χ3n) is 2.91. The summed E-state index contributed by atoms with van der Waals surface area (Å²) in [5.41, 5.74) is 3.64. The van der Waals surface area contributed by atoms with Gasteiger partial charge in [0.2, 0.25) is 0 Å². The number of ether oxygens (including phenoxy) is 1. The van der Waals surface area contributed by atoms with Gasteiger partial charge in [0.05, 0.1) is 0 Å². The molecule has 0 saturated carbocycles. The highest BCUT2D eigenvalue weighted by atomic mass is 16.5. The van der Waals surface area contributed by atoms with Gasteiger partial charge in [0.15, 0.2) is 0 Å². The van der Waals surface area contributed by atoms with Crippen LogP contribution in [0.15, 0.2) is 48.5 Å². The van der Waals surface area contributed by atoms with E-state index in [0.29, 0.717) is 6.61 Å². The molecule has 0 atom stereocenters. The third-order valence-corrected chi connectivity index (χ3v) is 2.91. The van der Waals surface area contributed by atoms with Crippen LogP contribution in [0, 0.1) is 6.92 Å². The molecule has 0 aliphatic rings. The van der Waals surface area contributed by atoms with E-state index in [0.717, 1.165) is 5.75 Å². The fourth-order valence-electron chi connectivity index (χ4n) is 1.90. The summed E-state index contributed by atoms with van der Waals surface area (Å²) in [4.78, 5) is 2.10. The number of hydrogen-bond acceptors (Lipinski definition) is 2. The Bertz CT molecular complexity index is 506. The van der Waals surface area contributed by atoms with Crippen molar-refractivity contribution >= 4 is 5.69 Å². The molecule has 2 nitrogen and oxygen atoms in total. The Hall–Kier alpha value is -1.96. The summed E-state index contributed by atoms with van der Waals surface area (Å²) in [7, 11) is 4.09. The van der Waals surface area contributed by atoms with E-state index in [1.165, 1.54) is 16.8 Å². The first-order chi connectivity index (χ1) is 8.66. The molecular weight excluding hydrogens is 222 g/mol. The lowest BCUT2D eigenvalue weighted by Gasteiger charge is -2.17. The van der Waals surface area contributed by atoms with Gasteiger partial charge in [0, 0.05) is 25.8 Å². The summed E-state index contributed by atoms with van der Waals surface area (Å²) >= 11 is 0. The number of hydrogen-bond donors (Lipinski definition) is 0. The zero-order valence-electron chi connectivity index (χ0n) is 11.2. The SMILES string of the molecule is Cc1ccc(OCc2ccccc2)cc1N(C)C. The Kier molecular flexibility index (Phi) is 3.88. The first-order valence-electron chi connectivity index (χ1n) is 6.11.